The molecular formula is C13H13N5. The molecule has 90 valence electrons. The number of anilines is 1. The van der Waals surface area contributed by atoms with Gasteiger partial charge >= 0.3 is 0 Å². The third kappa shape index (κ3) is 2.80. The van der Waals surface area contributed by atoms with Gasteiger partial charge in [-0.3, -0.25) is 4.98 Å². The molecule has 0 spiro atoms. The van der Waals surface area contributed by atoms with E-state index in [9.17, 15) is 0 Å². The zero-order valence-corrected chi connectivity index (χ0v) is 10.1. The molecular weight excluding hydrogens is 226 g/mol. The second-order valence-corrected chi connectivity index (χ2v) is 3.69. The van der Waals surface area contributed by atoms with Crippen molar-refractivity contribution in [2.75, 3.05) is 5.32 Å². The lowest BCUT2D eigenvalue weighted by molar-refractivity contribution is 0.950. The van der Waals surface area contributed by atoms with Crippen LogP contribution >= 0.6 is 0 Å². The number of nitrogens with zero attached hydrogens (tertiary/aromatic N) is 4. The van der Waals surface area contributed by atoms with Gasteiger partial charge in [0.05, 0.1) is 12.2 Å². The van der Waals surface area contributed by atoms with Crippen LogP contribution in [-0.4, -0.2) is 15.0 Å². The molecule has 0 aliphatic rings. The molecule has 0 aromatic carbocycles. The molecule has 0 aliphatic carbocycles. The average Bonchev–Trinajstić information content (AvgIpc) is 2.45. The van der Waals surface area contributed by atoms with E-state index in [1.54, 1.807) is 18.5 Å². The largest absolute Gasteiger partial charge is 0.349 e. The van der Waals surface area contributed by atoms with Gasteiger partial charge in [-0.1, -0.05) is 13.0 Å². The van der Waals surface area contributed by atoms with E-state index in [-0.39, 0.29) is 0 Å². The highest BCUT2D eigenvalue weighted by molar-refractivity contribution is 5.32. The fraction of sp³-hybridized carbons (Fsp3) is 0.231. The van der Waals surface area contributed by atoms with Crippen molar-refractivity contribution in [1.29, 1.82) is 5.26 Å². The van der Waals surface area contributed by atoms with E-state index < -0.39 is 0 Å². The van der Waals surface area contributed by atoms with Crippen LogP contribution in [0, 0.1) is 11.3 Å². The van der Waals surface area contributed by atoms with Gasteiger partial charge in [0, 0.05) is 12.4 Å². The molecule has 0 fully saturated rings. The average molecular weight is 239 g/mol. The molecule has 0 saturated heterocycles. The van der Waals surface area contributed by atoms with Gasteiger partial charge in [0.2, 0.25) is 5.95 Å². The van der Waals surface area contributed by atoms with Gasteiger partial charge in [-0.25, -0.2) is 9.97 Å². The van der Waals surface area contributed by atoms with Crippen LogP contribution in [0.1, 0.15) is 23.9 Å². The summed E-state index contributed by atoms with van der Waals surface area (Å²) in [7, 11) is 0. The maximum atomic E-state index is 8.75. The minimum absolute atomic E-state index is 0.351. The summed E-state index contributed by atoms with van der Waals surface area (Å²) in [6, 6.07) is 7.53. The molecule has 2 rings (SSSR count). The lowest BCUT2D eigenvalue weighted by atomic mass is 10.1. The Hall–Kier alpha value is -2.48. The Bertz CT molecular complexity index is 574. The molecule has 5 heteroatoms. The maximum absolute atomic E-state index is 8.75. The summed E-state index contributed by atoms with van der Waals surface area (Å²) in [5, 5.41) is 11.8. The smallest absolute Gasteiger partial charge is 0.224 e. The van der Waals surface area contributed by atoms with E-state index in [1.165, 1.54) is 5.56 Å². The molecule has 0 aliphatic heterocycles. The molecule has 18 heavy (non-hydrogen) atoms. The van der Waals surface area contributed by atoms with Crippen molar-refractivity contribution in [1.82, 2.24) is 15.0 Å². The van der Waals surface area contributed by atoms with Gasteiger partial charge < -0.3 is 5.32 Å². The van der Waals surface area contributed by atoms with Gasteiger partial charge in [0.15, 0.2) is 0 Å². The fourth-order valence-electron chi connectivity index (χ4n) is 1.62. The molecule has 5 nitrogen and oxygen atoms in total. The first kappa shape index (κ1) is 12.0. The summed E-state index contributed by atoms with van der Waals surface area (Å²) in [6.07, 6.45) is 4.26. The van der Waals surface area contributed by atoms with Crippen LogP contribution in [0.4, 0.5) is 5.95 Å². The molecule has 1 N–H and O–H groups in total. The molecule has 0 bridgehead atoms. The van der Waals surface area contributed by atoms with Crippen LogP contribution in [0.25, 0.3) is 0 Å². The van der Waals surface area contributed by atoms with E-state index in [2.05, 4.69) is 33.3 Å². The standard InChI is InChI=1S/C13H13N5/c1-2-10-4-3-6-15-12(10)9-17-13-16-7-5-11(8-14)18-13/h3-7H,2,9H2,1H3,(H,16,17,18). The first-order chi connectivity index (χ1) is 8.83. The van der Waals surface area contributed by atoms with Crippen molar-refractivity contribution in [2.24, 2.45) is 0 Å². The van der Waals surface area contributed by atoms with E-state index in [1.807, 2.05) is 12.1 Å². The number of aryl methyl sites for hydroxylation is 1. The van der Waals surface area contributed by atoms with Crippen molar-refractivity contribution in [3.05, 3.63) is 47.5 Å². The van der Waals surface area contributed by atoms with Gasteiger partial charge in [0.25, 0.3) is 0 Å². The summed E-state index contributed by atoms with van der Waals surface area (Å²) >= 11 is 0. The first-order valence-electron chi connectivity index (χ1n) is 5.73. The van der Waals surface area contributed by atoms with Crippen LogP contribution in [0.2, 0.25) is 0 Å². The van der Waals surface area contributed by atoms with Crippen molar-refractivity contribution in [2.45, 2.75) is 19.9 Å². The minimum atomic E-state index is 0.351. The molecule has 0 saturated carbocycles. The van der Waals surface area contributed by atoms with E-state index in [0.717, 1.165) is 12.1 Å². The van der Waals surface area contributed by atoms with Crippen molar-refractivity contribution < 1.29 is 0 Å². The van der Waals surface area contributed by atoms with Crippen LogP contribution in [0.15, 0.2) is 30.6 Å². The summed E-state index contributed by atoms with van der Waals surface area (Å²) in [4.78, 5) is 12.4. The van der Waals surface area contributed by atoms with E-state index >= 15 is 0 Å². The van der Waals surface area contributed by atoms with Crippen molar-refractivity contribution >= 4 is 5.95 Å². The number of aromatic nitrogens is 3. The molecule has 2 aromatic heterocycles. The van der Waals surface area contributed by atoms with Gasteiger partial charge in [0.1, 0.15) is 11.8 Å². The van der Waals surface area contributed by atoms with Crippen LogP contribution in [0.3, 0.4) is 0 Å². The molecule has 0 atom stereocenters. The second kappa shape index (κ2) is 5.73. The summed E-state index contributed by atoms with van der Waals surface area (Å²) in [6.45, 7) is 2.65. The third-order valence-electron chi connectivity index (χ3n) is 2.55. The zero-order chi connectivity index (χ0) is 12.8. The normalized spacial score (nSPS) is 9.78. The SMILES string of the molecule is CCc1cccnc1CNc1nccc(C#N)n1. The Kier molecular flexibility index (Phi) is 3.82. The Balaban J connectivity index is 2.09. The number of rotatable bonds is 4. The highest BCUT2D eigenvalue weighted by Gasteiger charge is 2.03. The Labute approximate surface area is 106 Å². The molecule has 0 unspecified atom stereocenters. The van der Waals surface area contributed by atoms with E-state index in [4.69, 9.17) is 5.26 Å². The summed E-state index contributed by atoms with van der Waals surface area (Å²) in [5.41, 5.74) is 2.52. The Morgan fingerprint density at radius 3 is 2.94 bits per heavy atom. The monoisotopic (exact) mass is 239 g/mol. The number of hydrogen-bond donors (Lipinski definition) is 1. The number of pyridine rings is 1. The molecule has 0 radical (unpaired) electrons. The number of nitrogens with one attached hydrogen (secondary N) is 1. The van der Waals surface area contributed by atoms with Crippen LogP contribution in [-0.2, 0) is 13.0 Å². The fourth-order valence-corrected chi connectivity index (χ4v) is 1.62. The Morgan fingerprint density at radius 1 is 1.28 bits per heavy atom. The third-order valence-corrected chi connectivity index (χ3v) is 2.55. The first-order valence-corrected chi connectivity index (χ1v) is 5.73. The quantitative estimate of drug-likeness (QED) is 0.882. The van der Waals surface area contributed by atoms with Gasteiger partial charge in [-0.15, -0.1) is 0 Å². The lowest BCUT2D eigenvalue weighted by Gasteiger charge is -2.07. The van der Waals surface area contributed by atoms with Gasteiger partial charge in [-0.05, 0) is 24.1 Å². The van der Waals surface area contributed by atoms with Crippen LogP contribution in [0.5, 0.6) is 0 Å². The van der Waals surface area contributed by atoms with Crippen LogP contribution < -0.4 is 5.32 Å². The predicted octanol–water partition coefficient (Wildman–Crippen LogP) is 1.92. The van der Waals surface area contributed by atoms with Crippen molar-refractivity contribution in [3.8, 4) is 6.07 Å². The van der Waals surface area contributed by atoms with Crippen molar-refractivity contribution in [3.63, 3.8) is 0 Å². The molecule has 0 amide bonds. The second-order valence-electron chi connectivity index (χ2n) is 3.69. The highest BCUT2D eigenvalue weighted by atomic mass is 15.1. The molecule has 2 aromatic rings. The molecule has 2 heterocycles. The summed E-state index contributed by atoms with van der Waals surface area (Å²) in [5.74, 6) is 0.446. The summed E-state index contributed by atoms with van der Waals surface area (Å²) < 4.78 is 0. The topological polar surface area (TPSA) is 74.5 Å². The maximum Gasteiger partial charge on any atom is 0.224 e. The minimum Gasteiger partial charge on any atom is -0.349 e. The van der Waals surface area contributed by atoms with E-state index in [0.29, 0.717) is 18.2 Å². The highest BCUT2D eigenvalue weighted by Crippen LogP contribution is 2.08. The zero-order valence-electron chi connectivity index (χ0n) is 10.1. The lowest BCUT2D eigenvalue weighted by Crippen LogP contribution is -2.07. The predicted molar refractivity (Wildman–Crippen MR) is 67.7 cm³/mol. The van der Waals surface area contributed by atoms with Gasteiger partial charge in [-0.2, -0.15) is 5.26 Å². The number of nitriles is 1. The number of hydrogen-bond acceptors (Lipinski definition) is 5. The Morgan fingerprint density at radius 2 is 2.17 bits per heavy atom.